The molecule has 0 saturated heterocycles. The first-order valence-corrected chi connectivity index (χ1v) is 5.60. The first kappa shape index (κ1) is 10.0. The van der Waals surface area contributed by atoms with Crippen LogP contribution in [0.4, 0.5) is 0 Å². The summed E-state index contributed by atoms with van der Waals surface area (Å²) in [6.45, 7) is 5.84. The van der Waals surface area contributed by atoms with E-state index < -0.39 is 0 Å². The molecule has 0 radical (unpaired) electrons. The van der Waals surface area contributed by atoms with Crippen LogP contribution in [0.5, 0.6) is 0 Å². The molecule has 0 aromatic heterocycles. The van der Waals surface area contributed by atoms with Gasteiger partial charge in [-0.3, -0.25) is 0 Å². The molecule has 1 N–H and O–H groups in total. The lowest BCUT2D eigenvalue weighted by atomic mass is 10.0. The molecule has 0 spiro atoms. The fourth-order valence-electron chi connectivity index (χ4n) is 2.04. The highest BCUT2D eigenvalue weighted by atomic mass is 14.9. The number of hydrogen-bond acceptors (Lipinski definition) is 1. The van der Waals surface area contributed by atoms with E-state index in [4.69, 9.17) is 0 Å². The largest absolute Gasteiger partial charge is 0.314 e. The summed E-state index contributed by atoms with van der Waals surface area (Å²) in [6, 6.07) is 0.852. The fourth-order valence-corrected chi connectivity index (χ4v) is 2.04. The van der Waals surface area contributed by atoms with Crippen LogP contribution in [0, 0.1) is 5.92 Å². The van der Waals surface area contributed by atoms with E-state index in [2.05, 4.69) is 19.2 Å². The van der Waals surface area contributed by atoms with E-state index in [1.807, 2.05) is 0 Å². The van der Waals surface area contributed by atoms with Gasteiger partial charge in [-0.25, -0.2) is 0 Å². The van der Waals surface area contributed by atoms with Crippen molar-refractivity contribution in [2.45, 2.75) is 58.4 Å². The molecule has 0 amide bonds. The molecule has 72 valence electrons. The fraction of sp³-hybridized carbons (Fsp3) is 1.00. The summed E-state index contributed by atoms with van der Waals surface area (Å²) < 4.78 is 0. The van der Waals surface area contributed by atoms with Crippen molar-refractivity contribution >= 4 is 0 Å². The van der Waals surface area contributed by atoms with Gasteiger partial charge in [0.2, 0.25) is 0 Å². The van der Waals surface area contributed by atoms with E-state index in [1.54, 1.807) is 0 Å². The summed E-state index contributed by atoms with van der Waals surface area (Å²) in [6.07, 6.45) is 8.38. The standard InChI is InChI=1S/C11H23N/c1-3-10(4-2)9-12-11-7-5-6-8-11/h10-12H,3-9H2,1-2H3. The van der Waals surface area contributed by atoms with Gasteiger partial charge in [0.1, 0.15) is 0 Å². The molecular formula is C11H23N. The van der Waals surface area contributed by atoms with Gasteiger partial charge in [-0.15, -0.1) is 0 Å². The van der Waals surface area contributed by atoms with Crippen molar-refractivity contribution in [3.8, 4) is 0 Å². The second-order valence-corrected chi connectivity index (χ2v) is 4.07. The Labute approximate surface area is 76.9 Å². The molecule has 1 aliphatic rings. The summed E-state index contributed by atoms with van der Waals surface area (Å²) in [4.78, 5) is 0. The highest BCUT2D eigenvalue weighted by Crippen LogP contribution is 2.18. The predicted molar refractivity (Wildman–Crippen MR) is 54.3 cm³/mol. The summed E-state index contributed by atoms with van der Waals surface area (Å²) in [5.74, 6) is 0.908. The quantitative estimate of drug-likeness (QED) is 0.667. The first-order chi connectivity index (χ1) is 5.86. The van der Waals surface area contributed by atoms with Crippen LogP contribution < -0.4 is 5.32 Å². The zero-order valence-corrected chi connectivity index (χ0v) is 8.60. The van der Waals surface area contributed by atoms with Crippen LogP contribution in [0.1, 0.15) is 52.4 Å². The molecular weight excluding hydrogens is 146 g/mol. The van der Waals surface area contributed by atoms with Gasteiger partial charge in [0.15, 0.2) is 0 Å². The minimum atomic E-state index is 0.852. The third-order valence-electron chi connectivity index (χ3n) is 3.21. The lowest BCUT2D eigenvalue weighted by Gasteiger charge is -2.17. The number of nitrogens with one attached hydrogen (secondary N) is 1. The highest BCUT2D eigenvalue weighted by molar-refractivity contribution is 4.74. The number of hydrogen-bond donors (Lipinski definition) is 1. The summed E-state index contributed by atoms with van der Waals surface area (Å²) in [5, 5.41) is 3.68. The van der Waals surface area contributed by atoms with Crippen LogP contribution in [-0.4, -0.2) is 12.6 Å². The molecule has 0 aromatic carbocycles. The van der Waals surface area contributed by atoms with Crippen LogP contribution in [-0.2, 0) is 0 Å². The topological polar surface area (TPSA) is 12.0 Å². The Hall–Kier alpha value is -0.0400. The Bertz CT molecular complexity index is 99.6. The lowest BCUT2D eigenvalue weighted by molar-refractivity contribution is 0.409. The average Bonchev–Trinajstić information content (AvgIpc) is 2.59. The van der Waals surface area contributed by atoms with Crippen molar-refractivity contribution in [2.24, 2.45) is 5.92 Å². The van der Waals surface area contributed by atoms with E-state index >= 15 is 0 Å². The third-order valence-corrected chi connectivity index (χ3v) is 3.21. The van der Waals surface area contributed by atoms with Crippen LogP contribution >= 0.6 is 0 Å². The monoisotopic (exact) mass is 169 g/mol. The summed E-state index contributed by atoms with van der Waals surface area (Å²) in [7, 11) is 0. The van der Waals surface area contributed by atoms with Gasteiger partial charge in [0, 0.05) is 6.04 Å². The Morgan fingerprint density at radius 1 is 1.17 bits per heavy atom. The molecule has 0 aromatic rings. The highest BCUT2D eigenvalue weighted by Gasteiger charge is 2.14. The van der Waals surface area contributed by atoms with Gasteiger partial charge >= 0.3 is 0 Å². The Balaban J connectivity index is 2.06. The van der Waals surface area contributed by atoms with Gasteiger partial charge in [-0.2, -0.15) is 0 Å². The Morgan fingerprint density at radius 2 is 1.75 bits per heavy atom. The van der Waals surface area contributed by atoms with Gasteiger partial charge in [0.05, 0.1) is 0 Å². The molecule has 0 atom stereocenters. The van der Waals surface area contributed by atoms with Crippen LogP contribution in [0.25, 0.3) is 0 Å². The van der Waals surface area contributed by atoms with Crippen LogP contribution in [0.2, 0.25) is 0 Å². The maximum Gasteiger partial charge on any atom is 0.00671 e. The van der Waals surface area contributed by atoms with Gasteiger partial charge in [-0.05, 0) is 25.3 Å². The molecule has 12 heavy (non-hydrogen) atoms. The molecule has 0 unspecified atom stereocenters. The van der Waals surface area contributed by atoms with E-state index in [0.717, 1.165) is 12.0 Å². The molecule has 0 heterocycles. The molecule has 1 heteroatoms. The van der Waals surface area contributed by atoms with Crippen LogP contribution in [0.3, 0.4) is 0 Å². The third kappa shape index (κ3) is 3.14. The molecule has 1 fully saturated rings. The van der Waals surface area contributed by atoms with Crippen molar-refractivity contribution in [2.75, 3.05) is 6.54 Å². The SMILES string of the molecule is CCC(CC)CNC1CCCC1. The average molecular weight is 169 g/mol. The molecule has 0 bridgehead atoms. The molecule has 1 nitrogen and oxygen atoms in total. The molecule has 1 rings (SSSR count). The van der Waals surface area contributed by atoms with Crippen molar-refractivity contribution in [3.05, 3.63) is 0 Å². The Kier molecular flexibility index (Phi) is 4.67. The zero-order valence-electron chi connectivity index (χ0n) is 8.60. The first-order valence-electron chi connectivity index (χ1n) is 5.60. The van der Waals surface area contributed by atoms with Crippen LogP contribution in [0.15, 0.2) is 0 Å². The van der Waals surface area contributed by atoms with Gasteiger partial charge < -0.3 is 5.32 Å². The van der Waals surface area contributed by atoms with Crippen molar-refractivity contribution in [3.63, 3.8) is 0 Å². The van der Waals surface area contributed by atoms with E-state index in [0.29, 0.717) is 0 Å². The smallest absolute Gasteiger partial charge is 0.00671 e. The summed E-state index contributed by atoms with van der Waals surface area (Å²) >= 11 is 0. The molecule has 1 saturated carbocycles. The van der Waals surface area contributed by atoms with Crippen molar-refractivity contribution < 1.29 is 0 Å². The second-order valence-electron chi connectivity index (χ2n) is 4.07. The Morgan fingerprint density at radius 3 is 2.25 bits per heavy atom. The van der Waals surface area contributed by atoms with Gasteiger partial charge in [-0.1, -0.05) is 39.5 Å². The maximum atomic E-state index is 3.68. The molecule has 0 aliphatic heterocycles. The maximum absolute atomic E-state index is 3.68. The lowest BCUT2D eigenvalue weighted by Crippen LogP contribution is -2.30. The van der Waals surface area contributed by atoms with Crippen molar-refractivity contribution in [1.29, 1.82) is 0 Å². The number of rotatable bonds is 5. The van der Waals surface area contributed by atoms with Gasteiger partial charge in [0.25, 0.3) is 0 Å². The van der Waals surface area contributed by atoms with E-state index in [1.165, 1.54) is 45.1 Å². The van der Waals surface area contributed by atoms with Crippen molar-refractivity contribution in [1.82, 2.24) is 5.32 Å². The summed E-state index contributed by atoms with van der Waals surface area (Å²) in [5.41, 5.74) is 0. The van der Waals surface area contributed by atoms with E-state index in [9.17, 15) is 0 Å². The normalized spacial score (nSPS) is 19.2. The zero-order chi connectivity index (χ0) is 8.81. The van der Waals surface area contributed by atoms with E-state index in [-0.39, 0.29) is 0 Å². The minimum absolute atomic E-state index is 0.852. The predicted octanol–water partition coefficient (Wildman–Crippen LogP) is 2.95. The minimum Gasteiger partial charge on any atom is -0.314 e. The second kappa shape index (κ2) is 5.58. The molecule has 1 aliphatic carbocycles.